The van der Waals surface area contributed by atoms with Gasteiger partial charge in [-0.3, -0.25) is 0 Å². The van der Waals surface area contributed by atoms with Crippen molar-refractivity contribution in [3.63, 3.8) is 0 Å². The first-order valence-electron chi connectivity index (χ1n) is 4.42. The summed E-state index contributed by atoms with van der Waals surface area (Å²) in [4.78, 5) is 2.03. The van der Waals surface area contributed by atoms with Crippen molar-refractivity contribution in [2.24, 2.45) is 0 Å². The third kappa shape index (κ3) is 3.07. The van der Waals surface area contributed by atoms with Crippen molar-refractivity contribution < 1.29 is 4.39 Å². The zero-order valence-electron chi connectivity index (χ0n) is 8.00. The van der Waals surface area contributed by atoms with Crippen LogP contribution in [0, 0.1) is 5.82 Å². The smallest absolute Gasteiger partial charge is 0.141 e. The van der Waals surface area contributed by atoms with Gasteiger partial charge < -0.3 is 4.90 Å². The van der Waals surface area contributed by atoms with E-state index in [-0.39, 0.29) is 10.8 Å². The van der Waals surface area contributed by atoms with Gasteiger partial charge in [-0.05, 0) is 30.4 Å². The minimum absolute atomic E-state index is 0.167. The van der Waals surface area contributed by atoms with Crippen LogP contribution in [-0.4, -0.2) is 19.3 Å². The molecule has 0 unspecified atom stereocenters. The summed E-state index contributed by atoms with van der Waals surface area (Å²) in [5.41, 5.74) is 0.929. The Labute approximate surface area is 94.3 Å². The van der Waals surface area contributed by atoms with E-state index in [2.05, 4.69) is 12.6 Å². The fourth-order valence-corrected chi connectivity index (χ4v) is 1.48. The van der Waals surface area contributed by atoms with E-state index < -0.39 is 0 Å². The van der Waals surface area contributed by atoms with E-state index in [1.165, 1.54) is 6.07 Å². The van der Waals surface area contributed by atoms with Gasteiger partial charge in [-0.15, -0.1) is 0 Å². The molecule has 1 aromatic rings. The lowest BCUT2D eigenvalue weighted by atomic mass is 10.3. The molecule has 1 rings (SSSR count). The second-order valence-electron chi connectivity index (χ2n) is 3.10. The molecular weight excluding hydrogens is 221 g/mol. The highest BCUT2D eigenvalue weighted by atomic mass is 35.5. The Kier molecular flexibility index (Phi) is 4.55. The summed E-state index contributed by atoms with van der Waals surface area (Å²) < 4.78 is 12.9. The largest absolute Gasteiger partial charge is 0.375 e. The van der Waals surface area contributed by atoms with Crippen molar-refractivity contribution in [3.05, 3.63) is 29.0 Å². The molecule has 0 aliphatic rings. The summed E-state index contributed by atoms with van der Waals surface area (Å²) >= 11 is 9.81. The Balaban J connectivity index is 2.70. The highest BCUT2D eigenvalue weighted by molar-refractivity contribution is 7.80. The molecule has 0 amide bonds. The van der Waals surface area contributed by atoms with E-state index in [0.717, 1.165) is 24.4 Å². The average molecular weight is 234 g/mol. The molecule has 0 atom stereocenters. The van der Waals surface area contributed by atoms with E-state index in [1.54, 1.807) is 12.1 Å². The van der Waals surface area contributed by atoms with E-state index in [4.69, 9.17) is 11.6 Å². The SMILES string of the molecule is CN(CCCS)c1ccc(F)c(Cl)c1. The monoisotopic (exact) mass is 233 g/mol. The number of nitrogens with zero attached hydrogens (tertiary/aromatic N) is 1. The minimum atomic E-state index is -0.377. The number of rotatable bonds is 4. The summed E-state index contributed by atoms with van der Waals surface area (Å²) in [5.74, 6) is 0.470. The van der Waals surface area contributed by atoms with Crippen molar-refractivity contribution in [2.45, 2.75) is 6.42 Å². The van der Waals surface area contributed by atoms with Gasteiger partial charge in [0.1, 0.15) is 5.82 Å². The second kappa shape index (κ2) is 5.47. The van der Waals surface area contributed by atoms with Gasteiger partial charge in [-0.2, -0.15) is 12.6 Å². The standard InChI is InChI=1S/C10H13ClFNS/c1-13(5-2-6-14)8-3-4-10(12)9(11)7-8/h3-4,7,14H,2,5-6H2,1H3. The molecular formula is C10H13ClFNS. The van der Waals surface area contributed by atoms with Gasteiger partial charge in [0.25, 0.3) is 0 Å². The predicted molar refractivity (Wildman–Crippen MR) is 63.2 cm³/mol. The molecule has 0 heterocycles. The number of hydrogen-bond donors (Lipinski definition) is 1. The van der Waals surface area contributed by atoms with E-state index in [9.17, 15) is 4.39 Å². The maximum atomic E-state index is 12.9. The molecule has 0 aliphatic carbocycles. The van der Waals surface area contributed by atoms with Crippen LogP contribution >= 0.6 is 24.2 Å². The summed E-state index contributed by atoms with van der Waals surface area (Å²) in [6.07, 6.45) is 0.995. The zero-order chi connectivity index (χ0) is 10.6. The van der Waals surface area contributed by atoms with Crippen LogP contribution in [-0.2, 0) is 0 Å². The van der Waals surface area contributed by atoms with Gasteiger partial charge in [-0.1, -0.05) is 11.6 Å². The van der Waals surface area contributed by atoms with E-state index in [1.807, 2.05) is 11.9 Å². The highest BCUT2D eigenvalue weighted by Gasteiger charge is 2.04. The van der Waals surface area contributed by atoms with Crippen molar-refractivity contribution in [3.8, 4) is 0 Å². The highest BCUT2D eigenvalue weighted by Crippen LogP contribution is 2.21. The lowest BCUT2D eigenvalue weighted by Gasteiger charge is -2.18. The van der Waals surface area contributed by atoms with Gasteiger partial charge in [0.05, 0.1) is 5.02 Å². The Morgan fingerprint density at radius 3 is 2.79 bits per heavy atom. The molecule has 0 aliphatic heterocycles. The summed E-state index contributed by atoms with van der Waals surface area (Å²) in [7, 11) is 1.95. The van der Waals surface area contributed by atoms with Crippen LogP contribution in [0.15, 0.2) is 18.2 Å². The maximum absolute atomic E-state index is 12.9. The van der Waals surface area contributed by atoms with Gasteiger partial charge in [0.15, 0.2) is 0 Å². The maximum Gasteiger partial charge on any atom is 0.141 e. The predicted octanol–water partition coefficient (Wildman–Crippen LogP) is 3.24. The first kappa shape index (κ1) is 11.7. The van der Waals surface area contributed by atoms with Crippen LogP contribution < -0.4 is 4.90 Å². The topological polar surface area (TPSA) is 3.24 Å². The molecule has 14 heavy (non-hydrogen) atoms. The van der Waals surface area contributed by atoms with Crippen molar-refractivity contribution in [1.29, 1.82) is 0 Å². The third-order valence-electron chi connectivity index (χ3n) is 2.00. The summed E-state index contributed by atoms with van der Waals surface area (Å²) in [6.45, 7) is 0.894. The van der Waals surface area contributed by atoms with Gasteiger partial charge in [-0.25, -0.2) is 4.39 Å². The Hall–Kier alpha value is -0.410. The van der Waals surface area contributed by atoms with Crippen molar-refractivity contribution in [2.75, 3.05) is 24.2 Å². The number of benzene rings is 1. The van der Waals surface area contributed by atoms with Crippen LogP contribution in [0.1, 0.15) is 6.42 Å². The summed E-state index contributed by atoms with van der Waals surface area (Å²) in [6, 6.07) is 4.74. The Morgan fingerprint density at radius 1 is 1.50 bits per heavy atom. The fourth-order valence-electron chi connectivity index (χ4n) is 1.16. The molecule has 0 aromatic heterocycles. The molecule has 78 valence electrons. The zero-order valence-corrected chi connectivity index (χ0v) is 9.65. The number of halogens is 2. The molecule has 0 N–H and O–H groups in total. The molecule has 0 bridgehead atoms. The Bertz CT molecular complexity index is 306. The number of hydrogen-bond acceptors (Lipinski definition) is 2. The van der Waals surface area contributed by atoms with Crippen LogP contribution in [0.3, 0.4) is 0 Å². The first-order valence-corrected chi connectivity index (χ1v) is 5.43. The van der Waals surface area contributed by atoms with Crippen molar-refractivity contribution in [1.82, 2.24) is 0 Å². The molecule has 0 spiro atoms. The van der Waals surface area contributed by atoms with Crippen LogP contribution in [0.4, 0.5) is 10.1 Å². The second-order valence-corrected chi connectivity index (χ2v) is 3.95. The Morgan fingerprint density at radius 2 is 2.21 bits per heavy atom. The molecule has 0 radical (unpaired) electrons. The lowest BCUT2D eigenvalue weighted by Crippen LogP contribution is -2.18. The lowest BCUT2D eigenvalue weighted by molar-refractivity contribution is 0.628. The van der Waals surface area contributed by atoms with Crippen molar-refractivity contribution >= 4 is 29.9 Å². The number of thiol groups is 1. The summed E-state index contributed by atoms with van der Waals surface area (Å²) in [5, 5.41) is 0.167. The van der Waals surface area contributed by atoms with Crippen LogP contribution in [0.25, 0.3) is 0 Å². The van der Waals surface area contributed by atoms with Gasteiger partial charge >= 0.3 is 0 Å². The van der Waals surface area contributed by atoms with Gasteiger partial charge in [0, 0.05) is 19.3 Å². The molecule has 4 heteroatoms. The molecule has 1 nitrogen and oxygen atoms in total. The average Bonchev–Trinajstić information content (AvgIpc) is 2.18. The normalized spacial score (nSPS) is 10.3. The quantitative estimate of drug-likeness (QED) is 0.782. The minimum Gasteiger partial charge on any atom is -0.375 e. The van der Waals surface area contributed by atoms with Crippen LogP contribution in [0.2, 0.25) is 5.02 Å². The molecule has 0 saturated heterocycles. The van der Waals surface area contributed by atoms with Gasteiger partial charge in [0.2, 0.25) is 0 Å². The fraction of sp³-hybridized carbons (Fsp3) is 0.400. The molecule has 1 aromatic carbocycles. The number of anilines is 1. The van der Waals surface area contributed by atoms with E-state index >= 15 is 0 Å². The molecule has 0 fully saturated rings. The van der Waals surface area contributed by atoms with E-state index in [0.29, 0.717) is 0 Å². The first-order chi connectivity index (χ1) is 6.65. The van der Waals surface area contributed by atoms with Crippen LogP contribution in [0.5, 0.6) is 0 Å². The third-order valence-corrected chi connectivity index (χ3v) is 2.60. The molecule has 0 saturated carbocycles.